The lowest BCUT2D eigenvalue weighted by atomic mass is 10.2. The summed E-state index contributed by atoms with van der Waals surface area (Å²) < 4.78 is 28.3. The van der Waals surface area contributed by atoms with Crippen molar-refractivity contribution in [3.63, 3.8) is 0 Å². The van der Waals surface area contributed by atoms with Crippen LogP contribution in [0.1, 0.15) is 31.5 Å². The van der Waals surface area contributed by atoms with Gasteiger partial charge in [0.05, 0.1) is 12.9 Å². The van der Waals surface area contributed by atoms with Crippen LogP contribution in [0.15, 0.2) is 5.16 Å². The highest BCUT2D eigenvalue weighted by Gasteiger charge is 2.22. The number of nitrogens with zero attached hydrogens (tertiary/aromatic N) is 3. The first kappa shape index (κ1) is 15.8. The fourth-order valence-electron chi connectivity index (χ4n) is 1.76. The largest absolute Gasteiger partial charge is 0.309 e. The summed E-state index contributed by atoms with van der Waals surface area (Å²) in [5.41, 5.74) is 0. The normalized spacial score (nSPS) is 15.7. The van der Waals surface area contributed by atoms with Crippen LogP contribution in [-0.2, 0) is 27.8 Å². The molecule has 0 atom stereocenters. The van der Waals surface area contributed by atoms with Gasteiger partial charge in [-0.25, -0.2) is 0 Å². The van der Waals surface area contributed by atoms with Gasteiger partial charge in [-0.3, -0.25) is 4.18 Å². The molecule has 1 aliphatic carbocycles. The third-order valence-corrected chi connectivity index (χ3v) is 5.01. The second kappa shape index (κ2) is 6.91. The fraction of sp³-hybridized carbons (Fsp3) is 0.833. The molecule has 1 aromatic heterocycles. The molecule has 1 heterocycles. The van der Waals surface area contributed by atoms with Crippen molar-refractivity contribution in [3.05, 3.63) is 5.82 Å². The van der Waals surface area contributed by atoms with Gasteiger partial charge in [-0.1, -0.05) is 11.8 Å². The van der Waals surface area contributed by atoms with Crippen LogP contribution < -0.4 is 0 Å². The highest BCUT2D eigenvalue weighted by Crippen LogP contribution is 2.34. The smallest absolute Gasteiger partial charge is 0.264 e. The van der Waals surface area contributed by atoms with Crippen LogP contribution in [0.2, 0.25) is 0 Å². The second-order valence-corrected chi connectivity index (χ2v) is 7.83. The van der Waals surface area contributed by atoms with Gasteiger partial charge < -0.3 is 4.57 Å². The van der Waals surface area contributed by atoms with Crippen molar-refractivity contribution in [2.45, 2.75) is 37.3 Å². The summed E-state index contributed by atoms with van der Waals surface area (Å²) in [5, 5.41) is 9.37. The van der Waals surface area contributed by atoms with E-state index < -0.39 is 10.1 Å². The molecule has 0 bridgehead atoms. The average molecular weight is 319 g/mol. The number of aryl methyl sites for hydroxylation is 1. The first-order valence-electron chi connectivity index (χ1n) is 6.81. The zero-order valence-electron chi connectivity index (χ0n) is 11.9. The summed E-state index contributed by atoms with van der Waals surface area (Å²) in [6.07, 6.45) is 6.09. The summed E-state index contributed by atoms with van der Waals surface area (Å²) in [5.74, 6) is 2.95. The topological polar surface area (TPSA) is 74.1 Å². The SMILES string of the molecule is Cn1c(CCCCOS(C)(=O)=O)nnc1SCC1CC1. The summed E-state index contributed by atoms with van der Waals surface area (Å²) in [6, 6.07) is 0. The standard InChI is InChI=1S/C12H21N3O3S2/c1-15-11(5-3-4-8-18-20(2,16)17)13-14-12(15)19-9-10-6-7-10/h10H,3-9H2,1-2H3. The number of hydrogen-bond acceptors (Lipinski definition) is 6. The van der Waals surface area contributed by atoms with Gasteiger partial charge >= 0.3 is 0 Å². The molecule has 0 N–H and O–H groups in total. The molecule has 20 heavy (non-hydrogen) atoms. The predicted molar refractivity (Wildman–Crippen MR) is 78.2 cm³/mol. The number of thioether (sulfide) groups is 1. The van der Waals surface area contributed by atoms with Crippen LogP contribution in [0.5, 0.6) is 0 Å². The lowest BCUT2D eigenvalue weighted by Gasteiger charge is -2.04. The number of rotatable bonds is 9. The van der Waals surface area contributed by atoms with Crippen LogP contribution >= 0.6 is 11.8 Å². The van der Waals surface area contributed by atoms with Crippen molar-refractivity contribution < 1.29 is 12.6 Å². The minimum absolute atomic E-state index is 0.236. The Kier molecular flexibility index (Phi) is 5.45. The first-order chi connectivity index (χ1) is 9.46. The average Bonchev–Trinajstić information content (AvgIpc) is 3.12. The molecule has 0 saturated heterocycles. The van der Waals surface area contributed by atoms with Gasteiger partial charge in [0.15, 0.2) is 5.16 Å². The summed E-state index contributed by atoms with van der Waals surface area (Å²) >= 11 is 1.77. The van der Waals surface area contributed by atoms with Gasteiger partial charge in [0.2, 0.25) is 0 Å². The van der Waals surface area contributed by atoms with Crippen LogP contribution in [0.25, 0.3) is 0 Å². The maximum atomic E-state index is 10.8. The molecule has 6 nitrogen and oxygen atoms in total. The maximum Gasteiger partial charge on any atom is 0.264 e. The second-order valence-electron chi connectivity index (χ2n) is 5.20. The Bertz CT molecular complexity index is 538. The maximum absolute atomic E-state index is 10.8. The van der Waals surface area contributed by atoms with E-state index in [9.17, 15) is 8.42 Å². The number of aromatic nitrogens is 3. The van der Waals surface area contributed by atoms with E-state index in [4.69, 9.17) is 4.18 Å². The van der Waals surface area contributed by atoms with E-state index in [1.807, 2.05) is 11.6 Å². The highest BCUT2D eigenvalue weighted by atomic mass is 32.2. The van der Waals surface area contributed by atoms with Crippen molar-refractivity contribution >= 4 is 21.9 Å². The predicted octanol–water partition coefficient (Wildman–Crippen LogP) is 1.62. The zero-order valence-corrected chi connectivity index (χ0v) is 13.5. The molecule has 1 fully saturated rings. The lowest BCUT2D eigenvalue weighted by Crippen LogP contribution is -2.05. The molecule has 1 saturated carbocycles. The monoisotopic (exact) mass is 319 g/mol. The molecular weight excluding hydrogens is 298 g/mol. The van der Waals surface area contributed by atoms with Crippen molar-refractivity contribution in [1.82, 2.24) is 14.8 Å². The molecule has 0 unspecified atom stereocenters. The van der Waals surface area contributed by atoms with Crippen LogP contribution in [0.4, 0.5) is 0 Å². The Labute approximate surface area is 124 Å². The fourth-order valence-corrected chi connectivity index (χ4v) is 3.30. The molecule has 0 radical (unpaired) electrons. The van der Waals surface area contributed by atoms with Gasteiger partial charge in [0.1, 0.15) is 5.82 Å². The Morgan fingerprint density at radius 3 is 2.75 bits per heavy atom. The van der Waals surface area contributed by atoms with E-state index in [1.165, 1.54) is 12.8 Å². The minimum atomic E-state index is -3.32. The molecule has 0 amide bonds. The summed E-state index contributed by atoms with van der Waals surface area (Å²) in [4.78, 5) is 0. The van der Waals surface area contributed by atoms with Crippen LogP contribution in [0.3, 0.4) is 0 Å². The van der Waals surface area contributed by atoms with Crippen molar-refractivity contribution in [3.8, 4) is 0 Å². The van der Waals surface area contributed by atoms with Gasteiger partial charge in [-0.05, 0) is 31.6 Å². The molecule has 0 spiro atoms. The highest BCUT2D eigenvalue weighted by molar-refractivity contribution is 7.99. The van der Waals surface area contributed by atoms with Crippen molar-refractivity contribution in [1.29, 1.82) is 0 Å². The molecule has 0 aromatic carbocycles. The molecule has 8 heteroatoms. The molecule has 1 aliphatic rings. The Morgan fingerprint density at radius 2 is 2.10 bits per heavy atom. The van der Waals surface area contributed by atoms with Gasteiger partial charge in [0.25, 0.3) is 10.1 Å². The van der Waals surface area contributed by atoms with Crippen LogP contribution in [0, 0.1) is 5.92 Å². The van der Waals surface area contributed by atoms with Gasteiger partial charge in [-0.15, -0.1) is 10.2 Å². The number of hydrogen-bond donors (Lipinski definition) is 0. The van der Waals surface area contributed by atoms with Crippen molar-refractivity contribution in [2.24, 2.45) is 13.0 Å². The molecule has 1 aromatic rings. The minimum Gasteiger partial charge on any atom is -0.309 e. The molecular formula is C12H21N3O3S2. The Morgan fingerprint density at radius 1 is 1.35 bits per heavy atom. The Balaban J connectivity index is 1.69. The van der Waals surface area contributed by atoms with Gasteiger partial charge in [0, 0.05) is 19.2 Å². The first-order valence-corrected chi connectivity index (χ1v) is 9.61. The van der Waals surface area contributed by atoms with Gasteiger partial charge in [-0.2, -0.15) is 8.42 Å². The lowest BCUT2D eigenvalue weighted by molar-refractivity contribution is 0.311. The summed E-state index contributed by atoms with van der Waals surface area (Å²) in [6.45, 7) is 0.236. The van der Waals surface area contributed by atoms with E-state index in [1.54, 1.807) is 11.8 Å². The third-order valence-electron chi connectivity index (χ3n) is 3.16. The van der Waals surface area contributed by atoms with E-state index >= 15 is 0 Å². The molecule has 114 valence electrons. The van der Waals surface area contributed by atoms with E-state index in [-0.39, 0.29) is 6.61 Å². The molecule has 0 aliphatic heterocycles. The number of unbranched alkanes of at least 4 members (excludes halogenated alkanes) is 1. The van der Waals surface area contributed by atoms with E-state index in [0.717, 1.165) is 41.7 Å². The van der Waals surface area contributed by atoms with E-state index in [2.05, 4.69) is 10.2 Å². The zero-order chi connectivity index (χ0) is 14.6. The Hall–Kier alpha value is -0.600. The molecule has 2 rings (SSSR count). The van der Waals surface area contributed by atoms with Crippen molar-refractivity contribution in [2.75, 3.05) is 18.6 Å². The summed E-state index contributed by atoms with van der Waals surface area (Å²) in [7, 11) is -1.34. The third kappa shape index (κ3) is 5.41. The quantitative estimate of drug-likeness (QED) is 0.391. The van der Waals surface area contributed by atoms with Crippen LogP contribution in [-0.4, -0.2) is 41.8 Å². The van der Waals surface area contributed by atoms with E-state index in [0.29, 0.717) is 6.42 Å².